The molecule has 0 amide bonds. The minimum atomic E-state index is 0.599. The summed E-state index contributed by atoms with van der Waals surface area (Å²) in [7, 11) is 0. The van der Waals surface area contributed by atoms with E-state index in [0.717, 1.165) is 26.5 Å². The monoisotopic (exact) mass is 264 g/mol. The van der Waals surface area contributed by atoms with Gasteiger partial charge in [0.1, 0.15) is 5.52 Å². The van der Waals surface area contributed by atoms with Crippen LogP contribution in [-0.4, -0.2) is 4.98 Å². The number of hydrogen-bond acceptors (Lipinski definition) is 4. The zero-order valence-corrected chi connectivity index (χ0v) is 10.6. The fourth-order valence-corrected chi connectivity index (χ4v) is 2.75. The van der Waals surface area contributed by atoms with Crippen molar-refractivity contribution in [1.82, 2.24) is 4.98 Å². The Labute approximate surface area is 107 Å². The molecule has 2 N–H and O–H groups in total. The first-order chi connectivity index (χ1) is 8.13. The number of halogens is 1. The fourth-order valence-electron chi connectivity index (χ4n) is 1.72. The summed E-state index contributed by atoms with van der Waals surface area (Å²) in [4.78, 5) is 5.39. The van der Waals surface area contributed by atoms with E-state index >= 15 is 0 Å². The molecule has 0 saturated carbocycles. The number of nitrogens with zero attached hydrogens (tertiary/aromatic N) is 1. The molecular weight excluding hydrogens is 256 g/mol. The van der Waals surface area contributed by atoms with Crippen LogP contribution in [0.3, 0.4) is 0 Å². The number of benzene rings is 1. The van der Waals surface area contributed by atoms with E-state index in [1.165, 1.54) is 11.3 Å². The Bertz CT molecular complexity index is 702. The number of anilines is 1. The summed E-state index contributed by atoms with van der Waals surface area (Å²) < 4.78 is 5.69. The van der Waals surface area contributed by atoms with Gasteiger partial charge in [0.15, 0.2) is 5.58 Å². The van der Waals surface area contributed by atoms with Crippen LogP contribution in [-0.2, 0) is 0 Å². The lowest BCUT2D eigenvalue weighted by atomic mass is 10.3. The number of thiophene rings is 1. The fraction of sp³-hybridized carbons (Fsp3) is 0.0833. The molecule has 2 heterocycles. The lowest BCUT2D eigenvalue weighted by molar-refractivity contribution is 0.621. The molecule has 0 radical (unpaired) electrons. The first-order valence-electron chi connectivity index (χ1n) is 5.06. The average Bonchev–Trinajstić information content (AvgIpc) is 2.80. The van der Waals surface area contributed by atoms with Crippen LogP contribution < -0.4 is 5.73 Å². The molecule has 0 aliphatic carbocycles. The smallest absolute Gasteiger partial charge is 0.237 e. The van der Waals surface area contributed by atoms with Gasteiger partial charge in [0, 0.05) is 5.02 Å². The maximum Gasteiger partial charge on any atom is 0.237 e. The van der Waals surface area contributed by atoms with Crippen molar-refractivity contribution in [3.05, 3.63) is 34.9 Å². The Morgan fingerprint density at radius 1 is 1.35 bits per heavy atom. The van der Waals surface area contributed by atoms with Crippen molar-refractivity contribution >= 4 is 39.0 Å². The standard InChI is InChI=1S/C12H9ClN2OS/c1-6-4-10(14)17-11(6)12-15-8-5-7(13)2-3-9(8)16-12/h2-5H,14H2,1H3. The Hall–Kier alpha value is -1.52. The van der Waals surface area contributed by atoms with Gasteiger partial charge in [-0.15, -0.1) is 11.3 Å². The molecular formula is C12H9ClN2OS. The summed E-state index contributed by atoms with van der Waals surface area (Å²) in [6.45, 7) is 1.99. The minimum Gasteiger partial charge on any atom is -0.435 e. The van der Waals surface area contributed by atoms with Crippen LogP contribution in [0, 0.1) is 6.92 Å². The highest BCUT2D eigenvalue weighted by molar-refractivity contribution is 7.19. The summed E-state index contributed by atoms with van der Waals surface area (Å²) >= 11 is 7.39. The molecule has 0 fully saturated rings. The molecule has 0 saturated heterocycles. The second kappa shape index (κ2) is 3.75. The quantitative estimate of drug-likeness (QED) is 0.720. The zero-order chi connectivity index (χ0) is 12.0. The summed E-state index contributed by atoms with van der Waals surface area (Å²) in [5.74, 6) is 0.599. The highest BCUT2D eigenvalue weighted by Crippen LogP contribution is 2.35. The summed E-state index contributed by atoms with van der Waals surface area (Å²) in [6.07, 6.45) is 0. The SMILES string of the molecule is Cc1cc(N)sc1-c1nc2cc(Cl)ccc2o1. The third-order valence-corrected chi connectivity index (χ3v) is 3.77. The number of nitrogen functional groups attached to an aromatic ring is 1. The number of rotatable bonds is 1. The molecule has 0 aliphatic rings. The van der Waals surface area contributed by atoms with Crippen molar-refractivity contribution in [3.8, 4) is 10.8 Å². The van der Waals surface area contributed by atoms with Crippen LogP contribution in [0.25, 0.3) is 21.9 Å². The topological polar surface area (TPSA) is 52.0 Å². The van der Waals surface area contributed by atoms with Crippen LogP contribution in [0.5, 0.6) is 0 Å². The van der Waals surface area contributed by atoms with Gasteiger partial charge >= 0.3 is 0 Å². The van der Waals surface area contributed by atoms with Gasteiger partial charge in [-0.25, -0.2) is 4.98 Å². The van der Waals surface area contributed by atoms with Gasteiger partial charge in [-0.3, -0.25) is 0 Å². The van der Waals surface area contributed by atoms with Crippen molar-refractivity contribution in [1.29, 1.82) is 0 Å². The van der Waals surface area contributed by atoms with Gasteiger partial charge in [-0.05, 0) is 36.8 Å². The molecule has 3 nitrogen and oxygen atoms in total. The number of aryl methyl sites for hydroxylation is 1. The maximum atomic E-state index is 5.91. The average molecular weight is 265 g/mol. The van der Waals surface area contributed by atoms with Crippen LogP contribution in [0.1, 0.15) is 5.56 Å². The number of fused-ring (bicyclic) bond motifs is 1. The molecule has 17 heavy (non-hydrogen) atoms. The molecule has 1 aromatic carbocycles. The lowest BCUT2D eigenvalue weighted by Crippen LogP contribution is -1.74. The van der Waals surface area contributed by atoms with E-state index in [-0.39, 0.29) is 0 Å². The molecule has 0 atom stereocenters. The van der Waals surface area contributed by atoms with E-state index in [1.807, 2.05) is 19.1 Å². The van der Waals surface area contributed by atoms with Gasteiger partial charge < -0.3 is 10.2 Å². The molecule has 0 bridgehead atoms. The normalized spacial score (nSPS) is 11.2. The van der Waals surface area contributed by atoms with Crippen molar-refractivity contribution in [2.75, 3.05) is 5.73 Å². The van der Waals surface area contributed by atoms with Gasteiger partial charge in [0.2, 0.25) is 5.89 Å². The van der Waals surface area contributed by atoms with Crippen LogP contribution in [0.2, 0.25) is 5.02 Å². The van der Waals surface area contributed by atoms with Gasteiger partial charge in [-0.2, -0.15) is 0 Å². The molecule has 3 aromatic rings. The highest BCUT2D eigenvalue weighted by Gasteiger charge is 2.13. The minimum absolute atomic E-state index is 0.599. The second-order valence-corrected chi connectivity index (χ2v) is 5.31. The van der Waals surface area contributed by atoms with Crippen molar-refractivity contribution in [3.63, 3.8) is 0 Å². The van der Waals surface area contributed by atoms with Crippen LogP contribution >= 0.6 is 22.9 Å². The largest absolute Gasteiger partial charge is 0.435 e. The van der Waals surface area contributed by atoms with Gasteiger partial charge in [-0.1, -0.05) is 11.6 Å². The molecule has 5 heteroatoms. The molecule has 0 unspecified atom stereocenters. The first-order valence-corrected chi connectivity index (χ1v) is 6.25. The van der Waals surface area contributed by atoms with Gasteiger partial charge in [0.05, 0.1) is 9.88 Å². The van der Waals surface area contributed by atoms with E-state index < -0.39 is 0 Å². The second-order valence-electron chi connectivity index (χ2n) is 3.79. The van der Waals surface area contributed by atoms with Crippen molar-refractivity contribution in [2.24, 2.45) is 0 Å². The van der Waals surface area contributed by atoms with Crippen LogP contribution in [0.4, 0.5) is 5.00 Å². The third-order valence-electron chi connectivity index (χ3n) is 2.48. The number of hydrogen-bond donors (Lipinski definition) is 1. The molecule has 0 aliphatic heterocycles. The molecule has 86 valence electrons. The predicted molar refractivity (Wildman–Crippen MR) is 71.5 cm³/mol. The molecule has 3 rings (SSSR count). The number of oxazole rings is 1. The lowest BCUT2D eigenvalue weighted by Gasteiger charge is -1.89. The first kappa shape index (κ1) is 10.6. The zero-order valence-electron chi connectivity index (χ0n) is 9.03. The maximum absolute atomic E-state index is 5.91. The van der Waals surface area contributed by atoms with Crippen molar-refractivity contribution in [2.45, 2.75) is 6.92 Å². The van der Waals surface area contributed by atoms with E-state index in [9.17, 15) is 0 Å². The summed E-state index contributed by atoms with van der Waals surface area (Å²) in [5.41, 5.74) is 8.33. The Kier molecular flexibility index (Phi) is 2.34. The van der Waals surface area contributed by atoms with E-state index in [4.69, 9.17) is 21.8 Å². The van der Waals surface area contributed by atoms with Crippen LogP contribution in [0.15, 0.2) is 28.7 Å². The Morgan fingerprint density at radius 3 is 2.88 bits per heavy atom. The molecule has 0 spiro atoms. The predicted octanol–water partition coefficient (Wildman–Crippen LogP) is 4.10. The summed E-state index contributed by atoms with van der Waals surface area (Å²) in [6, 6.07) is 7.31. The number of nitrogens with two attached hydrogens (primary N) is 1. The van der Waals surface area contributed by atoms with E-state index in [0.29, 0.717) is 10.9 Å². The number of aromatic nitrogens is 1. The van der Waals surface area contributed by atoms with Gasteiger partial charge in [0.25, 0.3) is 0 Å². The highest BCUT2D eigenvalue weighted by atomic mass is 35.5. The Balaban J connectivity index is 2.21. The third kappa shape index (κ3) is 1.79. The van der Waals surface area contributed by atoms with E-state index in [1.54, 1.807) is 12.1 Å². The Morgan fingerprint density at radius 2 is 2.18 bits per heavy atom. The van der Waals surface area contributed by atoms with E-state index in [2.05, 4.69) is 4.98 Å². The summed E-state index contributed by atoms with van der Waals surface area (Å²) in [5, 5.41) is 1.41. The van der Waals surface area contributed by atoms with Crippen molar-refractivity contribution < 1.29 is 4.42 Å². The molecule has 2 aromatic heterocycles.